The van der Waals surface area contributed by atoms with E-state index in [-0.39, 0.29) is 11.9 Å². The van der Waals surface area contributed by atoms with Gasteiger partial charge < -0.3 is 14.2 Å². The molecule has 1 aliphatic heterocycles. The monoisotopic (exact) mass is 264 g/mol. The van der Waals surface area contributed by atoms with Crippen molar-refractivity contribution in [1.29, 1.82) is 0 Å². The highest BCUT2D eigenvalue weighted by Gasteiger charge is 2.15. The maximum absolute atomic E-state index is 11.4. The highest BCUT2D eigenvalue weighted by atomic mass is 16.5. The fourth-order valence-electron chi connectivity index (χ4n) is 2.16. The van der Waals surface area contributed by atoms with Gasteiger partial charge in [0.05, 0.1) is 19.8 Å². The molecular formula is C15H20O4. The van der Waals surface area contributed by atoms with Crippen molar-refractivity contribution in [3.05, 3.63) is 29.3 Å². The van der Waals surface area contributed by atoms with Crippen molar-refractivity contribution in [2.24, 2.45) is 0 Å². The van der Waals surface area contributed by atoms with Crippen molar-refractivity contribution >= 4 is 5.78 Å². The number of hydrogen-bond donors (Lipinski definition) is 0. The van der Waals surface area contributed by atoms with E-state index in [4.69, 9.17) is 14.2 Å². The summed E-state index contributed by atoms with van der Waals surface area (Å²) in [6.45, 7) is 3.55. The van der Waals surface area contributed by atoms with Crippen molar-refractivity contribution < 1.29 is 19.0 Å². The molecule has 0 aliphatic carbocycles. The molecule has 104 valence electrons. The van der Waals surface area contributed by atoms with Crippen LogP contribution in [0.5, 0.6) is 5.75 Å². The molecule has 0 atom stereocenters. The lowest BCUT2D eigenvalue weighted by atomic mass is 10.1. The van der Waals surface area contributed by atoms with Crippen molar-refractivity contribution in [3.63, 3.8) is 0 Å². The molecule has 1 aromatic carbocycles. The molecule has 1 aliphatic rings. The van der Waals surface area contributed by atoms with Crippen LogP contribution in [0.4, 0.5) is 0 Å². The first-order valence-electron chi connectivity index (χ1n) is 6.58. The van der Waals surface area contributed by atoms with Crippen molar-refractivity contribution in [2.75, 3.05) is 20.3 Å². The van der Waals surface area contributed by atoms with Crippen LogP contribution in [0.25, 0.3) is 0 Å². The molecule has 1 aromatic rings. The Hall–Kier alpha value is -1.39. The van der Waals surface area contributed by atoms with Gasteiger partial charge in [-0.2, -0.15) is 0 Å². The zero-order valence-electron chi connectivity index (χ0n) is 11.5. The van der Waals surface area contributed by atoms with E-state index in [1.165, 1.54) is 0 Å². The van der Waals surface area contributed by atoms with E-state index in [0.717, 1.165) is 37.4 Å². The molecule has 0 N–H and O–H groups in total. The van der Waals surface area contributed by atoms with E-state index in [0.29, 0.717) is 12.2 Å². The van der Waals surface area contributed by atoms with Gasteiger partial charge in [0.2, 0.25) is 0 Å². The second kappa shape index (κ2) is 6.68. The summed E-state index contributed by atoms with van der Waals surface area (Å²) >= 11 is 0. The summed E-state index contributed by atoms with van der Waals surface area (Å²) < 4.78 is 16.5. The van der Waals surface area contributed by atoms with Crippen molar-refractivity contribution in [2.45, 2.75) is 32.5 Å². The van der Waals surface area contributed by atoms with Crippen molar-refractivity contribution in [1.82, 2.24) is 0 Å². The summed E-state index contributed by atoms with van der Waals surface area (Å²) in [6.07, 6.45) is 2.09. The molecule has 4 nitrogen and oxygen atoms in total. The van der Waals surface area contributed by atoms with E-state index in [2.05, 4.69) is 0 Å². The smallest absolute Gasteiger partial charge is 0.159 e. The van der Waals surface area contributed by atoms with Crippen LogP contribution in [0.3, 0.4) is 0 Å². The second-order valence-electron chi connectivity index (χ2n) is 4.71. The standard InChI is InChI=1S/C15H20O4/c1-11(16)12-3-4-15(17-2)13(9-12)10-19-14-5-7-18-8-6-14/h3-4,9,14H,5-8,10H2,1-2H3. The maximum Gasteiger partial charge on any atom is 0.159 e. The van der Waals surface area contributed by atoms with Crippen LogP contribution in [0, 0.1) is 0 Å². The summed E-state index contributed by atoms with van der Waals surface area (Å²) in [5, 5.41) is 0. The third kappa shape index (κ3) is 3.78. The van der Waals surface area contributed by atoms with E-state index >= 15 is 0 Å². The first kappa shape index (κ1) is 14.0. The minimum absolute atomic E-state index is 0.0509. The summed E-state index contributed by atoms with van der Waals surface area (Å²) in [4.78, 5) is 11.4. The van der Waals surface area contributed by atoms with E-state index < -0.39 is 0 Å². The summed E-state index contributed by atoms with van der Waals surface area (Å²) in [6, 6.07) is 5.44. The molecule has 1 fully saturated rings. The minimum Gasteiger partial charge on any atom is -0.496 e. The van der Waals surface area contributed by atoms with E-state index in [1.807, 2.05) is 12.1 Å². The Morgan fingerprint density at radius 2 is 2.11 bits per heavy atom. The van der Waals surface area contributed by atoms with Gasteiger partial charge in [-0.3, -0.25) is 4.79 Å². The quantitative estimate of drug-likeness (QED) is 0.767. The summed E-state index contributed by atoms with van der Waals surface area (Å²) in [5.74, 6) is 0.812. The molecule has 0 radical (unpaired) electrons. The van der Waals surface area contributed by atoms with Gasteiger partial charge in [-0.25, -0.2) is 0 Å². The molecule has 0 unspecified atom stereocenters. The topological polar surface area (TPSA) is 44.8 Å². The fourth-order valence-corrected chi connectivity index (χ4v) is 2.16. The number of Topliss-reactive ketones (excluding diaryl/α,β-unsaturated/α-hetero) is 1. The first-order valence-corrected chi connectivity index (χ1v) is 6.58. The zero-order chi connectivity index (χ0) is 13.7. The Balaban J connectivity index is 2.04. The van der Waals surface area contributed by atoms with Crippen LogP contribution in [-0.2, 0) is 16.1 Å². The third-order valence-corrected chi connectivity index (χ3v) is 3.33. The van der Waals surface area contributed by atoms with Gasteiger partial charge in [0.15, 0.2) is 5.78 Å². The number of methoxy groups -OCH3 is 1. The maximum atomic E-state index is 11.4. The molecule has 1 saturated heterocycles. The molecule has 0 amide bonds. The lowest BCUT2D eigenvalue weighted by molar-refractivity contribution is -0.0394. The van der Waals surface area contributed by atoms with Crippen LogP contribution < -0.4 is 4.74 Å². The van der Waals surface area contributed by atoms with E-state index in [1.54, 1.807) is 20.1 Å². The van der Waals surface area contributed by atoms with E-state index in [9.17, 15) is 4.79 Å². The summed E-state index contributed by atoms with van der Waals surface area (Å²) in [7, 11) is 1.63. The molecule has 19 heavy (non-hydrogen) atoms. The number of carbonyl (C=O) groups is 1. The predicted molar refractivity (Wildman–Crippen MR) is 71.6 cm³/mol. The van der Waals surface area contributed by atoms with Gasteiger partial charge in [0, 0.05) is 24.3 Å². The fraction of sp³-hybridized carbons (Fsp3) is 0.533. The number of ether oxygens (including phenoxy) is 3. The molecular weight excluding hydrogens is 244 g/mol. The summed E-state index contributed by atoms with van der Waals surface area (Å²) in [5.41, 5.74) is 1.60. The molecule has 4 heteroatoms. The molecule has 1 heterocycles. The third-order valence-electron chi connectivity index (χ3n) is 3.33. The number of benzene rings is 1. The van der Waals surface area contributed by atoms with Gasteiger partial charge in [-0.1, -0.05) is 0 Å². The Morgan fingerprint density at radius 1 is 1.37 bits per heavy atom. The second-order valence-corrected chi connectivity index (χ2v) is 4.71. The van der Waals surface area contributed by atoms with Crippen LogP contribution in [-0.4, -0.2) is 32.2 Å². The van der Waals surface area contributed by atoms with Crippen LogP contribution in [0.15, 0.2) is 18.2 Å². The minimum atomic E-state index is 0.0509. The van der Waals surface area contributed by atoms with Crippen LogP contribution in [0.1, 0.15) is 35.7 Å². The highest BCUT2D eigenvalue weighted by Crippen LogP contribution is 2.23. The van der Waals surface area contributed by atoms with Gasteiger partial charge in [0.25, 0.3) is 0 Å². The lowest BCUT2D eigenvalue weighted by Crippen LogP contribution is -2.23. The molecule has 0 saturated carbocycles. The Kier molecular flexibility index (Phi) is 4.93. The molecule has 2 rings (SSSR count). The lowest BCUT2D eigenvalue weighted by Gasteiger charge is -2.23. The predicted octanol–water partition coefficient (Wildman–Crippen LogP) is 2.59. The SMILES string of the molecule is COc1ccc(C(C)=O)cc1COC1CCOCC1. The highest BCUT2D eigenvalue weighted by molar-refractivity contribution is 5.94. The first-order chi connectivity index (χ1) is 9.20. The number of carbonyl (C=O) groups excluding carboxylic acids is 1. The van der Waals surface area contributed by atoms with Gasteiger partial charge in [-0.05, 0) is 38.0 Å². The van der Waals surface area contributed by atoms with Gasteiger partial charge in [-0.15, -0.1) is 0 Å². The largest absolute Gasteiger partial charge is 0.496 e. The van der Waals surface area contributed by atoms with Crippen LogP contribution in [0.2, 0.25) is 0 Å². The van der Waals surface area contributed by atoms with Gasteiger partial charge in [0.1, 0.15) is 5.75 Å². The van der Waals surface area contributed by atoms with Crippen molar-refractivity contribution in [3.8, 4) is 5.75 Å². The Bertz CT molecular complexity index is 436. The number of hydrogen-bond acceptors (Lipinski definition) is 4. The van der Waals surface area contributed by atoms with Gasteiger partial charge >= 0.3 is 0 Å². The average molecular weight is 264 g/mol. The van der Waals surface area contributed by atoms with Crippen LogP contribution >= 0.6 is 0 Å². The zero-order valence-corrected chi connectivity index (χ0v) is 11.5. The molecule has 0 bridgehead atoms. The Morgan fingerprint density at radius 3 is 2.74 bits per heavy atom. The average Bonchev–Trinajstić information content (AvgIpc) is 2.45. The molecule has 0 aromatic heterocycles. The number of rotatable bonds is 5. The molecule has 0 spiro atoms. The Labute approximate surface area is 113 Å². The number of ketones is 1. The normalized spacial score (nSPS) is 16.3.